The molecule has 15 heavy (non-hydrogen) atoms. The van der Waals surface area contributed by atoms with Crippen LogP contribution in [0.1, 0.15) is 18.5 Å². The van der Waals surface area contributed by atoms with Crippen molar-refractivity contribution < 1.29 is 0 Å². The van der Waals surface area contributed by atoms with Crippen molar-refractivity contribution >= 4 is 28.1 Å². The van der Waals surface area contributed by atoms with Crippen LogP contribution >= 0.6 is 28.1 Å². The Morgan fingerprint density at radius 3 is 2.87 bits per heavy atom. The number of H-pyrrole nitrogens is 1. The van der Waals surface area contributed by atoms with Crippen molar-refractivity contribution in [2.24, 2.45) is 0 Å². The van der Waals surface area contributed by atoms with E-state index >= 15 is 0 Å². The smallest absolute Gasteiger partial charge is 0.177 e. The molecular formula is C11H11BrN2S. The minimum absolute atomic E-state index is 0.251. The predicted octanol–water partition coefficient (Wildman–Crippen LogP) is 3.92. The van der Waals surface area contributed by atoms with Gasteiger partial charge in [-0.25, -0.2) is 0 Å². The topological polar surface area (TPSA) is 20.7 Å². The highest BCUT2D eigenvalue weighted by molar-refractivity contribution is 9.10. The summed E-state index contributed by atoms with van der Waals surface area (Å²) < 4.78 is 3.88. The molecule has 78 valence electrons. The Balaban J connectivity index is 2.41. The van der Waals surface area contributed by atoms with Crippen molar-refractivity contribution in [2.75, 3.05) is 0 Å². The van der Waals surface area contributed by atoms with Crippen LogP contribution in [0.25, 0.3) is 0 Å². The molecule has 1 heterocycles. The lowest BCUT2D eigenvalue weighted by Crippen LogP contribution is -2.05. The zero-order valence-electron chi connectivity index (χ0n) is 8.27. The van der Waals surface area contributed by atoms with E-state index in [0.29, 0.717) is 0 Å². The fourth-order valence-electron chi connectivity index (χ4n) is 1.56. The second kappa shape index (κ2) is 4.33. The third-order valence-corrected chi connectivity index (χ3v) is 3.25. The lowest BCUT2D eigenvalue weighted by atomic mass is 10.1. The van der Waals surface area contributed by atoms with Crippen molar-refractivity contribution in [1.82, 2.24) is 9.55 Å². The van der Waals surface area contributed by atoms with Crippen LogP contribution in [0.4, 0.5) is 0 Å². The van der Waals surface area contributed by atoms with E-state index in [9.17, 15) is 0 Å². The molecule has 0 spiro atoms. The first-order valence-corrected chi connectivity index (χ1v) is 5.89. The van der Waals surface area contributed by atoms with Crippen LogP contribution in [0.2, 0.25) is 0 Å². The quantitative estimate of drug-likeness (QED) is 0.828. The van der Waals surface area contributed by atoms with Crippen molar-refractivity contribution in [2.45, 2.75) is 13.0 Å². The number of benzene rings is 1. The minimum Gasteiger partial charge on any atom is -0.337 e. The number of rotatable bonds is 2. The summed E-state index contributed by atoms with van der Waals surface area (Å²) in [7, 11) is 0. The van der Waals surface area contributed by atoms with Gasteiger partial charge in [0.15, 0.2) is 4.77 Å². The molecule has 1 aromatic carbocycles. The summed E-state index contributed by atoms with van der Waals surface area (Å²) in [6, 6.07) is 8.52. The third-order valence-electron chi connectivity index (χ3n) is 2.42. The molecule has 0 saturated heterocycles. The predicted molar refractivity (Wildman–Crippen MR) is 67.6 cm³/mol. The van der Waals surface area contributed by atoms with Crippen molar-refractivity contribution in [3.63, 3.8) is 0 Å². The highest BCUT2D eigenvalue weighted by atomic mass is 79.9. The Labute approximate surface area is 102 Å². The zero-order valence-corrected chi connectivity index (χ0v) is 10.7. The molecule has 4 heteroatoms. The number of nitrogens with one attached hydrogen (secondary N) is 1. The van der Waals surface area contributed by atoms with Crippen LogP contribution in [0, 0.1) is 4.77 Å². The second-order valence-corrected chi connectivity index (χ2v) is 4.71. The van der Waals surface area contributed by atoms with E-state index in [1.807, 2.05) is 29.1 Å². The van der Waals surface area contributed by atoms with Crippen LogP contribution in [0.5, 0.6) is 0 Å². The van der Waals surface area contributed by atoms with E-state index in [-0.39, 0.29) is 6.04 Å². The number of halogens is 1. The minimum atomic E-state index is 0.251. The van der Waals surface area contributed by atoms with Gasteiger partial charge in [0.05, 0.1) is 6.04 Å². The Kier molecular flexibility index (Phi) is 3.07. The van der Waals surface area contributed by atoms with Gasteiger partial charge in [-0.1, -0.05) is 28.1 Å². The van der Waals surface area contributed by atoms with Crippen molar-refractivity contribution in [1.29, 1.82) is 0 Å². The summed E-state index contributed by atoms with van der Waals surface area (Å²) in [5.74, 6) is 0. The molecule has 0 aliphatic heterocycles. The molecule has 1 N–H and O–H groups in total. The highest BCUT2D eigenvalue weighted by Crippen LogP contribution is 2.21. The SMILES string of the molecule is CC(c1cccc(Br)c1)n1cc[nH]c1=S. The maximum Gasteiger partial charge on any atom is 0.177 e. The van der Waals surface area contributed by atoms with Gasteiger partial charge < -0.3 is 9.55 Å². The van der Waals surface area contributed by atoms with Gasteiger partial charge in [0.1, 0.15) is 0 Å². The third kappa shape index (κ3) is 2.21. The molecule has 1 aromatic heterocycles. The normalized spacial score (nSPS) is 12.7. The van der Waals surface area contributed by atoms with E-state index in [4.69, 9.17) is 12.2 Å². The largest absolute Gasteiger partial charge is 0.337 e. The van der Waals surface area contributed by atoms with Crippen molar-refractivity contribution in [3.05, 3.63) is 51.5 Å². The first kappa shape index (κ1) is 10.6. The molecule has 0 radical (unpaired) electrons. The van der Waals surface area contributed by atoms with E-state index in [0.717, 1.165) is 9.24 Å². The number of imidazole rings is 1. The molecule has 0 aliphatic carbocycles. The molecule has 0 aliphatic rings. The molecule has 0 bridgehead atoms. The summed E-state index contributed by atoms with van der Waals surface area (Å²) in [5.41, 5.74) is 1.24. The van der Waals surface area contributed by atoms with Crippen LogP contribution in [-0.2, 0) is 0 Å². The molecule has 0 fully saturated rings. The second-order valence-electron chi connectivity index (χ2n) is 3.40. The van der Waals surface area contributed by atoms with E-state index in [1.165, 1.54) is 5.56 Å². The summed E-state index contributed by atoms with van der Waals surface area (Å²) in [6.45, 7) is 2.13. The van der Waals surface area contributed by atoms with E-state index < -0.39 is 0 Å². The van der Waals surface area contributed by atoms with Gasteiger partial charge in [-0.05, 0) is 36.8 Å². The van der Waals surface area contributed by atoms with Gasteiger partial charge in [0.25, 0.3) is 0 Å². The van der Waals surface area contributed by atoms with Crippen molar-refractivity contribution in [3.8, 4) is 0 Å². The lowest BCUT2D eigenvalue weighted by Gasteiger charge is -2.13. The molecule has 2 aromatic rings. The summed E-state index contributed by atoms with van der Waals surface area (Å²) in [6.07, 6.45) is 3.82. The standard InChI is InChI=1S/C11H11BrN2S/c1-8(14-6-5-13-11(14)15)9-3-2-4-10(12)7-9/h2-8H,1H3,(H,13,15). The van der Waals surface area contributed by atoms with Gasteiger partial charge in [0, 0.05) is 16.9 Å². The summed E-state index contributed by atoms with van der Waals surface area (Å²) in [5, 5.41) is 0. The highest BCUT2D eigenvalue weighted by Gasteiger charge is 2.07. The first-order valence-electron chi connectivity index (χ1n) is 4.69. The van der Waals surface area contributed by atoms with Crippen LogP contribution < -0.4 is 0 Å². The fourth-order valence-corrected chi connectivity index (χ4v) is 2.27. The van der Waals surface area contributed by atoms with Gasteiger partial charge in [0.2, 0.25) is 0 Å². The summed E-state index contributed by atoms with van der Waals surface area (Å²) >= 11 is 8.66. The Morgan fingerprint density at radius 1 is 1.47 bits per heavy atom. The average molecular weight is 283 g/mol. The van der Waals surface area contributed by atoms with Crippen LogP contribution in [-0.4, -0.2) is 9.55 Å². The molecule has 0 amide bonds. The van der Waals surface area contributed by atoms with Crippen LogP contribution in [0.3, 0.4) is 0 Å². The molecule has 1 unspecified atom stereocenters. The molecule has 2 rings (SSSR count). The number of aromatic nitrogens is 2. The van der Waals surface area contributed by atoms with Gasteiger partial charge in [-0.3, -0.25) is 0 Å². The lowest BCUT2D eigenvalue weighted by molar-refractivity contribution is 0.630. The average Bonchev–Trinajstić information content (AvgIpc) is 2.63. The Hall–Kier alpha value is -0.870. The molecule has 1 atom stereocenters. The summed E-state index contributed by atoms with van der Waals surface area (Å²) in [4.78, 5) is 3.00. The van der Waals surface area contributed by atoms with Gasteiger partial charge >= 0.3 is 0 Å². The van der Waals surface area contributed by atoms with E-state index in [2.05, 4.69) is 40.0 Å². The Morgan fingerprint density at radius 2 is 2.27 bits per heavy atom. The van der Waals surface area contributed by atoms with Crippen LogP contribution in [0.15, 0.2) is 41.1 Å². The monoisotopic (exact) mass is 282 g/mol. The molecular weight excluding hydrogens is 272 g/mol. The fraction of sp³-hybridized carbons (Fsp3) is 0.182. The maximum absolute atomic E-state index is 5.19. The Bertz CT molecular complexity index is 515. The van der Waals surface area contributed by atoms with Gasteiger partial charge in [-0.2, -0.15) is 0 Å². The number of aromatic amines is 1. The van der Waals surface area contributed by atoms with Gasteiger partial charge in [-0.15, -0.1) is 0 Å². The maximum atomic E-state index is 5.19. The molecule has 0 saturated carbocycles. The first-order chi connectivity index (χ1) is 7.18. The van der Waals surface area contributed by atoms with E-state index in [1.54, 1.807) is 0 Å². The number of hydrogen-bond donors (Lipinski definition) is 1. The molecule has 2 nitrogen and oxygen atoms in total. The zero-order chi connectivity index (χ0) is 10.8. The number of hydrogen-bond acceptors (Lipinski definition) is 1. The number of nitrogens with zero attached hydrogens (tertiary/aromatic N) is 1.